The molecule has 3 aromatic rings. The lowest BCUT2D eigenvalue weighted by Crippen LogP contribution is -2.38. The summed E-state index contributed by atoms with van der Waals surface area (Å²) in [6.07, 6.45) is 0.892. The average molecular weight is 443 g/mol. The van der Waals surface area contributed by atoms with Gasteiger partial charge in [0, 0.05) is 25.7 Å². The summed E-state index contributed by atoms with van der Waals surface area (Å²) in [5, 5.41) is 15.4. The number of aromatic nitrogens is 5. The van der Waals surface area contributed by atoms with Gasteiger partial charge in [0.15, 0.2) is 5.16 Å². The number of benzene rings is 1. The van der Waals surface area contributed by atoms with Crippen molar-refractivity contribution >= 4 is 35.3 Å². The van der Waals surface area contributed by atoms with Crippen LogP contribution in [0.1, 0.15) is 39.7 Å². The van der Waals surface area contributed by atoms with Crippen molar-refractivity contribution in [3.8, 4) is 0 Å². The van der Waals surface area contributed by atoms with E-state index in [-0.39, 0.29) is 17.7 Å². The number of nitrogens with zero attached hydrogens (tertiary/aromatic N) is 6. The van der Waals surface area contributed by atoms with Crippen LogP contribution in [0.25, 0.3) is 5.78 Å². The Morgan fingerprint density at radius 2 is 1.84 bits per heavy atom. The molecular formula is C21H30N8OS. The van der Waals surface area contributed by atoms with Gasteiger partial charge in [0.1, 0.15) is 0 Å². The molecular weight excluding hydrogens is 412 g/mol. The van der Waals surface area contributed by atoms with Gasteiger partial charge in [0.05, 0.1) is 5.75 Å². The predicted octanol–water partition coefficient (Wildman–Crippen LogP) is 3.30. The second-order valence-corrected chi connectivity index (χ2v) is 8.05. The number of amides is 1. The third-order valence-electron chi connectivity index (χ3n) is 4.88. The molecule has 3 rings (SSSR count). The van der Waals surface area contributed by atoms with Crippen LogP contribution in [0.2, 0.25) is 0 Å². The van der Waals surface area contributed by atoms with Crippen molar-refractivity contribution in [3.05, 3.63) is 35.9 Å². The first-order valence-corrected chi connectivity index (χ1v) is 11.6. The molecule has 2 aromatic heterocycles. The third-order valence-corrected chi connectivity index (χ3v) is 5.79. The summed E-state index contributed by atoms with van der Waals surface area (Å²) in [5.41, 5.74) is 1.12. The number of nitrogens with one attached hydrogen (secondary N) is 2. The number of hydrogen-bond donors (Lipinski definition) is 2. The summed E-state index contributed by atoms with van der Waals surface area (Å²) in [6, 6.07) is 10.2. The van der Waals surface area contributed by atoms with Crippen LogP contribution in [-0.4, -0.2) is 60.3 Å². The maximum absolute atomic E-state index is 13.1. The molecule has 0 aliphatic carbocycles. The molecule has 1 amide bonds. The first-order chi connectivity index (χ1) is 15.1. The molecule has 2 heterocycles. The maximum atomic E-state index is 13.1. The van der Waals surface area contributed by atoms with E-state index < -0.39 is 0 Å². The van der Waals surface area contributed by atoms with Crippen LogP contribution >= 0.6 is 11.8 Å². The van der Waals surface area contributed by atoms with Gasteiger partial charge in [-0.15, -0.1) is 10.2 Å². The molecule has 9 nitrogen and oxygen atoms in total. The van der Waals surface area contributed by atoms with Crippen LogP contribution in [0, 0.1) is 0 Å². The van der Waals surface area contributed by atoms with Crippen LogP contribution in [0.4, 0.5) is 11.9 Å². The van der Waals surface area contributed by atoms with Crippen molar-refractivity contribution in [2.75, 3.05) is 29.5 Å². The predicted molar refractivity (Wildman–Crippen MR) is 124 cm³/mol. The van der Waals surface area contributed by atoms with E-state index in [9.17, 15) is 4.79 Å². The number of carbonyl (C=O) groups excluding carboxylic acids is 1. The van der Waals surface area contributed by atoms with Crippen molar-refractivity contribution in [1.82, 2.24) is 29.5 Å². The third kappa shape index (κ3) is 5.63. The van der Waals surface area contributed by atoms with Crippen molar-refractivity contribution in [2.45, 2.75) is 51.9 Å². The number of carbonyl (C=O) groups is 1. The van der Waals surface area contributed by atoms with Crippen molar-refractivity contribution in [3.63, 3.8) is 0 Å². The number of hydrogen-bond acceptors (Lipinski definition) is 8. The van der Waals surface area contributed by atoms with E-state index in [4.69, 9.17) is 0 Å². The van der Waals surface area contributed by atoms with E-state index in [2.05, 4.69) is 44.6 Å². The van der Waals surface area contributed by atoms with Crippen molar-refractivity contribution in [2.24, 2.45) is 0 Å². The summed E-state index contributed by atoms with van der Waals surface area (Å²) in [7, 11) is 0. The van der Waals surface area contributed by atoms with Crippen LogP contribution in [0.3, 0.4) is 0 Å². The second-order valence-electron chi connectivity index (χ2n) is 7.10. The van der Waals surface area contributed by atoms with Crippen LogP contribution in [-0.2, 0) is 11.3 Å². The molecule has 166 valence electrons. The minimum Gasteiger partial charge on any atom is -0.355 e. The van der Waals surface area contributed by atoms with Crippen LogP contribution in [0.15, 0.2) is 35.5 Å². The fourth-order valence-corrected chi connectivity index (χ4v) is 3.91. The van der Waals surface area contributed by atoms with Gasteiger partial charge in [-0.05, 0) is 32.8 Å². The highest BCUT2D eigenvalue weighted by atomic mass is 32.2. The molecule has 1 atom stereocenters. The number of rotatable bonds is 11. The van der Waals surface area contributed by atoms with Gasteiger partial charge in [-0.2, -0.15) is 9.97 Å². The van der Waals surface area contributed by atoms with Gasteiger partial charge in [0.2, 0.25) is 17.8 Å². The van der Waals surface area contributed by atoms with E-state index in [0.29, 0.717) is 42.5 Å². The Balaban J connectivity index is 1.79. The maximum Gasteiger partial charge on any atom is 0.261 e. The molecule has 0 spiro atoms. The Bertz CT molecular complexity index is 994. The molecule has 2 N–H and O–H groups in total. The van der Waals surface area contributed by atoms with Crippen molar-refractivity contribution in [1.29, 1.82) is 0 Å². The summed E-state index contributed by atoms with van der Waals surface area (Å²) in [5.74, 6) is 1.87. The molecule has 31 heavy (non-hydrogen) atoms. The van der Waals surface area contributed by atoms with E-state index in [1.165, 1.54) is 11.8 Å². The number of thioether (sulfide) groups is 1. The lowest BCUT2D eigenvalue weighted by atomic mass is 10.1. The molecule has 0 saturated carbocycles. The fourth-order valence-electron chi connectivity index (χ4n) is 3.10. The molecule has 0 saturated heterocycles. The van der Waals surface area contributed by atoms with E-state index in [0.717, 1.165) is 12.0 Å². The summed E-state index contributed by atoms with van der Waals surface area (Å²) < 4.78 is 1.76. The SMILES string of the molecule is CCNc1nc(NCC)n2c(SCC(=O)N(Cc3ccccc3)C(C)CC)nnc2n1. The Kier molecular flexibility index (Phi) is 8.05. The molecule has 0 aliphatic rings. The van der Waals surface area contributed by atoms with E-state index >= 15 is 0 Å². The lowest BCUT2D eigenvalue weighted by molar-refractivity contribution is -0.131. The van der Waals surface area contributed by atoms with E-state index in [1.54, 1.807) is 4.40 Å². The molecule has 1 aromatic carbocycles. The fraction of sp³-hybridized carbons (Fsp3) is 0.476. The van der Waals surface area contributed by atoms with Crippen molar-refractivity contribution < 1.29 is 4.79 Å². The standard InChI is InChI=1S/C21H30N8OS/c1-5-15(4)28(13-16-11-9-8-10-12-16)17(30)14-31-21-27-26-20-25-18(22-6-2)24-19(23-7-3)29(20)21/h8-12,15H,5-7,13-14H2,1-4H3,(H2,22,23,24,25,26). The zero-order chi connectivity index (χ0) is 22.2. The Labute approximate surface area is 187 Å². The molecule has 0 bridgehead atoms. The largest absolute Gasteiger partial charge is 0.355 e. The smallest absolute Gasteiger partial charge is 0.261 e. The minimum atomic E-state index is 0.0649. The van der Waals surface area contributed by atoms with Crippen LogP contribution in [0.5, 0.6) is 0 Å². The van der Waals surface area contributed by atoms with Gasteiger partial charge in [0.25, 0.3) is 5.78 Å². The Morgan fingerprint density at radius 3 is 2.52 bits per heavy atom. The highest BCUT2D eigenvalue weighted by molar-refractivity contribution is 7.99. The Hall–Kier alpha value is -2.88. The van der Waals surface area contributed by atoms with E-state index in [1.807, 2.05) is 49.1 Å². The van der Waals surface area contributed by atoms with Crippen LogP contribution < -0.4 is 10.6 Å². The normalized spacial score (nSPS) is 12.0. The molecule has 0 fully saturated rings. The number of fused-ring (bicyclic) bond motifs is 1. The average Bonchev–Trinajstić information content (AvgIpc) is 3.19. The Morgan fingerprint density at radius 1 is 1.10 bits per heavy atom. The summed E-state index contributed by atoms with van der Waals surface area (Å²) in [6.45, 7) is 10.1. The minimum absolute atomic E-state index is 0.0649. The quantitative estimate of drug-likeness (QED) is 0.436. The topological polar surface area (TPSA) is 100 Å². The highest BCUT2D eigenvalue weighted by Gasteiger charge is 2.21. The monoisotopic (exact) mass is 442 g/mol. The first-order valence-electron chi connectivity index (χ1n) is 10.6. The first kappa shape index (κ1) is 22.8. The summed E-state index contributed by atoms with van der Waals surface area (Å²) >= 11 is 1.35. The molecule has 0 aliphatic heterocycles. The zero-order valence-electron chi connectivity index (χ0n) is 18.5. The molecule has 1 unspecified atom stereocenters. The molecule has 0 radical (unpaired) electrons. The van der Waals surface area contributed by atoms with Gasteiger partial charge in [-0.1, -0.05) is 49.0 Å². The second kappa shape index (κ2) is 10.9. The highest BCUT2D eigenvalue weighted by Crippen LogP contribution is 2.22. The van der Waals surface area contributed by atoms with Gasteiger partial charge < -0.3 is 15.5 Å². The summed E-state index contributed by atoms with van der Waals surface area (Å²) in [4.78, 5) is 24.0. The zero-order valence-corrected chi connectivity index (χ0v) is 19.3. The lowest BCUT2D eigenvalue weighted by Gasteiger charge is -2.28. The van der Waals surface area contributed by atoms with Gasteiger partial charge >= 0.3 is 0 Å². The number of anilines is 2. The van der Waals surface area contributed by atoms with Gasteiger partial charge in [-0.3, -0.25) is 4.79 Å². The van der Waals surface area contributed by atoms with Gasteiger partial charge in [-0.25, -0.2) is 4.40 Å². The molecule has 10 heteroatoms.